The van der Waals surface area contributed by atoms with Crippen molar-refractivity contribution in [3.63, 3.8) is 0 Å². The Kier molecular flexibility index (Phi) is 3.38. The second-order valence-corrected chi connectivity index (χ2v) is 3.04. The molecule has 2 nitrogen and oxygen atoms in total. The van der Waals surface area contributed by atoms with Crippen molar-refractivity contribution in [3.8, 4) is 0 Å². The summed E-state index contributed by atoms with van der Waals surface area (Å²) >= 11 is 5.89. The van der Waals surface area contributed by atoms with Gasteiger partial charge in [-0.2, -0.15) is 0 Å². The second-order valence-electron chi connectivity index (χ2n) is 2.63. The van der Waals surface area contributed by atoms with Crippen LogP contribution in [0.3, 0.4) is 0 Å². The van der Waals surface area contributed by atoms with Gasteiger partial charge in [0.25, 0.3) is 0 Å². The Labute approximate surface area is 77.2 Å². The third-order valence-electron chi connectivity index (χ3n) is 1.55. The minimum absolute atomic E-state index is 0.115. The molecule has 0 aromatic heterocycles. The van der Waals surface area contributed by atoms with E-state index in [9.17, 15) is 0 Å². The van der Waals surface area contributed by atoms with Gasteiger partial charge in [-0.25, -0.2) is 0 Å². The number of hydrogen-bond acceptors (Lipinski definition) is 2. The van der Waals surface area contributed by atoms with Gasteiger partial charge < -0.3 is 10.4 Å². The molecule has 0 unspecified atom stereocenters. The zero-order valence-corrected chi connectivity index (χ0v) is 7.73. The van der Waals surface area contributed by atoms with Crippen LogP contribution in [0, 0.1) is 6.92 Å². The second kappa shape index (κ2) is 4.33. The highest BCUT2D eigenvalue weighted by molar-refractivity contribution is 6.33. The molecule has 1 rings (SSSR count). The van der Waals surface area contributed by atoms with Crippen LogP contribution in [0.15, 0.2) is 18.2 Å². The fourth-order valence-electron chi connectivity index (χ4n) is 0.965. The first-order valence-electron chi connectivity index (χ1n) is 3.85. The van der Waals surface area contributed by atoms with Gasteiger partial charge in [0, 0.05) is 6.54 Å². The average Bonchev–Trinajstić information content (AvgIpc) is 2.07. The Morgan fingerprint density at radius 1 is 1.50 bits per heavy atom. The summed E-state index contributed by atoms with van der Waals surface area (Å²) in [5.74, 6) is 0. The van der Waals surface area contributed by atoms with Gasteiger partial charge in [0.05, 0.1) is 17.3 Å². The van der Waals surface area contributed by atoms with Gasteiger partial charge in [-0.05, 0) is 24.6 Å². The number of anilines is 1. The van der Waals surface area contributed by atoms with E-state index in [2.05, 4.69) is 5.32 Å². The van der Waals surface area contributed by atoms with E-state index in [1.807, 2.05) is 25.1 Å². The number of nitrogens with one attached hydrogen (secondary N) is 1. The molecule has 1 aromatic carbocycles. The number of aliphatic hydroxyl groups is 1. The Hall–Kier alpha value is -0.730. The number of rotatable bonds is 3. The molecule has 0 aliphatic carbocycles. The number of benzene rings is 1. The van der Waals surface area contributed by atoms with Crippen molar-refractivity contribution in [3.05, 3.63) is 28.8 Å². The number of aryl methyl sites for hydroxylation is 1. The van der Waals surface area contributed by atoms with Crippen molar-refractivity contribution < 1.29 is 5.11 Å². The largest absolute Gasteiger partial charge is 0.395 e. The smallest absolute Gasteiger partial charge is 0.0637 e. The molecule has 0 aliphatic rings. The maximum absolute atomic E-state index is 8.58. The SMILES string of the molecule is Cc1ccc(Cl)c(NCCO)c1. The predicted octanol–water partition coefficient (Wildman–Crippen LogP) is 2.05. The van der Waals surface area contributed by atoms with Crippen LogP contribution in [-0.2, 0) is 0 Å². The first-order valence-corrected chi connectivity index (χ1v) is 4.22. The van der Waals surface area contributed by atoms with Crippen molar-refractivity contribution in [1.82, 2.24) is 0 Å². The summed E-state index contributed by atoms with van der Waals surface area (Å²) in [7, 11) is 0. The van der Waals surface area contributed by atoms with E-state index < -0.39 is 0 Å². The van der Waals surface area contributed by atoms with Crippen LogP contribution in [0.5, 0.6) is 0 Å². The zero-order valence-electron chi connectivity index (χ0n) is 6.97. The zero-order chi connectivity index (χ0) is 8.97. The fraction of sp³-hybridized carbons (Fsp3) is 0.333. The molecule has 12 heavy (non-hydrogen) atoms. The molecule has 0 saturated heterocycles. The van der Waals surface area contributed by atoms with E-state index in [0.717, 1.165) is 11.3 Å². The molecule has 0 fully saturated rings. The Bertz CT molecular complexity index is 263. The molecule has 0 aliphatic heterocycles. The molecule has 1 aromatic rings. The van der Waals surface area contributed by atoms with Crippen molar-refractivity contribution in [1.29, 1.82) is 0 Å². The van der Waals surface area contributed by atoms with E-state index in [4.69, 9.17) is 16.7 Å². The highest BCUT2D eigenvalue weighted by atomic mass is 35.5. The third-order valence-corrected chi connectivity index (χ3v) is 1.88. The summed E-state index contributed by atoms with van der Waals surface area (Å²) in [6.07, 6.45) is 0. The van der Waals surface area contributed by atoms with Crippen LogP contribution < -0.4 is 5.32 Å². The van der Waals surface area contributed by atoms with Gasteiger partial charge in [0.15, 0.2) is 0 Å². The van der Waals surface area contributed by atoms with Crippen molar-refractivity contribution in [2.24, 2.45) is 0 Å². The van der Waals surface area contributed by atoms with Gasteiger partial charge >= 0.3 is 0 Å². The Morgan fingerprint density at radius 2 is 2.25 bits per heavy atom. The van der Waals surface area contributed by atoms with Gasteiger partial charge in [-0.15, -0.1) is 0 Å². The van der Waals surface area contributed by atoms with E-state index >= 15 is 0 Å². The van der Waals surface area contributed by atoms with Crippen LogP contribution in [0.4, 0.5) is 5.69 Å². The maximum atomic E-state index is 8.58. The fourth-order valence-corrected chi connectivity index (χ4v) is 1.15. The molecule has 0 amide bonds. The minimum atomic E-state index is 0.115. The topological polar surface area (TPSA) is 32.3 Å². The van der Waals surface area contributed by atoms with E-state index in [0.29, 0.717) is 11.6 Å². The molecule has 0 spiro atoms. The van der Waals surface area contributed by atoms with Gasteiger partial charge in [-0.3, -0.25) is 0 Å². The van der Waals surface area contributed by atoms with Crippen LogP contribution in [0.1, 0.15) is 5.56 Å². The molecule has 0 heterocycles. The lowest BCUT2D eigenvalue weighted by molar-refractivity contribution is 0.311. The summed E-state index contributed by atoms with van der Waals surface area (Å²) in [4.78, 5) is 0. The van der Waals surface area contributed by atoms with Gasteiger partial charge in [0.2, 0.25) is 0 Å². The summed E-state index contributed by atoms with van der Waals surface area (Å²) in [5, 5.41) is 12.3. The van der Waals surface area contributed by atoms with E-state index in [-0.39, 0.29) is 6.61 Å². The maximum Gasteiger partial charge on any atom is 0.0637 e. The number of aliphatic hydroxyl groups excluding tert-OH is 1. The summed E-state index contributed by atoms with van der Waals surface area (Å²) in [6, 6.07) is 5.75. The first-order chi connectivity index (χ1) is 5.74. The molecule has 3 heteroatoms. The average molecular weight is 186 g/mol. The quantitative estimate of drug-likeness (QED) is 0.756. The van der Waals surface area contributed by atoms with Crippen molar-refractivity contribution >= 4 is 17.3 Å². The molecule has 0 saturated carbocycles. The van der Waals surface area contributed by atoms with Crippen LogP contribution >= 0.6 is 11.6 Å². The molecular weight excluding hydrogens is 174 g/mol. The lowest BCUT2D eigenvalue weighted by Gasteiger charge is -2.06. The van der Waals surface area contributed by atoms with E-state index in [1.54, 1.807) is 0 Å². The molecule has 0 atom stereocenters. The summed E-state index contributed by atoms with van der Waals surface area (Å²) in [5.41, 5.74) is 2.03. The first kappa shape index (κ1) is 9.36. The molecule has 2 N–H and O–H groups in total. The predicted molar refractivity (Wildman–Crippen MR) is 51.8 cm³/mol. The van der Waals surface area contributed by atoms with Crippen LogP contribution in [0.2, 0.25) is 5.02 Å². The van der Waals surface area contributed by atoms with Gasteiger partial charge in [0.1, 0.15) is 0 Å². The van der Waals surface area contributed by atoms with Crippen LogP contribution in [0.25, 0.3) is 0 Å². The standard InChI is InChI=1S/C9H12ClNO/c1-7-2-3-8(10)9(6-7)11-4-5-12/h2-3,6,11-12H,4-5H2,1H3. The minimum Gasteiger partial charge on any atom is -0.395 e. The van der Waals surface area contributed by atoms with Crippen LogP contribution in [-0.4, -0.2) is 18.3 Å². The monoisotopic (exact) mass is 185 g/mol. The molecule has 0 radical (unpaired) electrons. The lowest BCUT2D eigenvalue weighted by Crippen LogP contribution is -2.05. The lowest BCUT2D eigenvalue weighted by atomic mass is 10.2. The molecular formula is C9H12ClNO. The van der Waals surface area contributed by atoms with Crippen molar-refractivity contribution in [2.75, 3.05) is 18.5 Å². The highest BCUT2D eigenvalue weighted by Gasteiger charge is 1.97. The normalized spacial score (nSPS) is 9.92. The number of hydrogen-bond donors (Lipinski definition) is 2. The third kappa shape index (κ3) is 2.40. The summed E-state index contributed by atoms with van der Waals surface area (Å²) in [6.45, 7) is 2.65. The Morgan fingerprint density at radius 3 is 2.92 bits per heavy atom. The van der Waals surface area contributed by atoms with Crippen molar-refractivity contribution in [2.45, 2.75) is 6.92 Å². The van der Waals surface area contributed by atoms with Gasteiger partial charge in [-0.1, -0.05) is 17.7 Å². The number of halogens is 1. The molecule has 0 bridgehead atoms. The molecule has 66 valence electrons. The van der Waals surface area contributed by atoms with E-state index in [1.165, 1.54) is 0 Å². The Balaban J connectivity index is 2.75. The highest BCUT2D eigenvalue weighted by Crippen LogP contribution is 2.22. The summed E-state index contributed by atoms with van der Waals surface area (Å²) < 4.78 is 0.